The van der Waals surface area contributed by atoms with E-state index >= 15 is 0 Å². The van der Waals surface area contributed by atoms with Crippen LogP contribution in [0.25, 0.3) is 11.2 Å². The van der Waals surface area contributed by atoms with Gasteiger partial charge >= 0.3 is 0 Å². The lowest BCUT2D eigenvalue weighted by atomic mass is 10.3. The van der Waals surface area contributed by atoms with Gasteiger partial charge in [0.1, 0.15) is 6.33 Å². The van der Waals surface area contributed by atoms with Crippen molar-refractivity contribution in [2.24, 2.45) is 7.05 Å². The molecule has 6 nitrogen and oxygen atoms in total. The molecule has 0 spiro atoms. The molecular formula is C11H11BrN6S. The van der Waals surface area contributed by atoms with Crippen molar-refractivity contribution in [3.05, 3.63) is 27.1 Å². The van der Waals surface area contributed by atoms with E-state index in [0.717, 1.165) is 28.9 Å². The van der Waals surface area contributed by atoms with Gasteiger partial charge in [-0.15, -0.1) is 16.4 Å². The quantitative estimate of drug-likeness (QED) is 0.790. The Balaban J connectivity index is 1.74. The van der Waals surface area contributed by atoms with Crippen molar-refractivity contribution in [2.45, 2.75) is 6.42 Å². The summed E-state index contributed by atoms with van der Waals surface area (Å²) in [4.78, 5) is 9.69. The second-order valence-corrected chi connectivity index (χ2v) is 5.83. The Labute approximate surface area is 122 Å². The highest BCUT2D eigenvalue weighted by molar-refractivity contribution is 9.10. The van der Waals surface area contributed by atoms with Gasteiger partial charge in [-0.2, -0.15) is 0 Å². The Hall–Kier alpha value is -1.54. The monoisotopic (exact) mass is 338 g/mol. The Morgan fingerprint density at radius 1 is 1.42 bits per heavy atom. The van der Waals surface area contributed by atoms with Gasteiger partial charge in [-0.25, -0.2) is 14.6 Å². The van der Waals surface area contributed by atoms with Gasteiger partial charge in [0.05, 0.1) is 0 Å². The Bertz CT molecular complexity index is 706. The molecule has 0 saturated carbocycles. The lowest BCUT2D eigenvalue weighted by Crippen LogP contribution is -2.06. The number of nitrogens with one attached hydrogen (secondary N) is 1. The zero-order chi connectivity index (χ0) is 13.2. The molecule has 0 radical (unpaired) electrons. The van der Waals surface area contributed by atoms with Crippen LogP contribution in [0, 0.1) is 0 Å². The van der Waals surface area contributed by atoms with E-state index in [2.05, 4.69) is 53.0 Å². The van der Waals surface area contributed by atoms with Gasteiger partial charge in [0.25, 0.3) is 0 Å². The number of aryl methyl sites for hydroxylation is 1. The summed E-state index contributed by atoms with van der Waals surface area (Å²) in [6.45, 7) is 0.793. The molecule has 0 bridgehead atoms. The molecule has 8 heteroatoms. The van der Waals surface area contributed by atoms with Crippen LogP contribution in [0.3, 0.4) is 0 Å². The van der Waals surface area contributed by atoms with Gasteiger partial charge in [-0.05, 0) is 27.4 Å². The second-order valence-electron chi connectivity index (χ2n) is 3.98. The molecule has 0 atom stereocenters. The lowest BCUT2D eigenvalue weighted by Gasteiger charge is -2.04. The van der Waals surface area contributed by atoms with Crippen LogP contribution in [0.1, 0.15) is 4.88 Å². The lowest BCUT2D eigenvalue weighted by molar-refractivity contribution is 0.729. The summed E-state index contributed by atoms with van der Waals surface area (Å²) < 4.78 is 2.80. The van der Waals surface area contributed by atoms with Gasteiger partial charge in [0.15, 0.2) is 17.0 Å². The predicted molar refractivity (Wildman–Crippen MR) is 78.3 cm³/mol. The number of rotatable bonds is 4. The van der Waals surface area contributed by atoms with Gasteiger partial charge in [-0.1, -0.05) is 5.21 Å². The molecule has 0 unspecified atom stereocenters. The molecule has 0 fully saturated rings. The van der Waals surface area contributed by atoms with E-state index in [1.54, 1.807) is 16.0 Å². The fraction of sp³-hybridized carbons (Fsp3) is 0.273. The molecule has 0 aliphatic carbocycles. The minimum Gasteiger partial charge on any atom is -0.368 e. The van der Waals surface area contributed by atoms with E-state index in [4.69, 9.17) is 0 Å². The summed E-state index contributed by atoms with van der Waals surface area (Å²) in [6.07, 6.45) is 2.46. The van der Waals surface area contributed by atoms with E-state index < -0.39 is 0 Å². The Morgan fingerprint density at radius 3 is 3.11 bits per heavy atom. The summed E-state index contributed by atoms with van der Waals surface area (Å²) in [5.41, 5.74) is 1.44. The molecule has 1 N–H and O–H groups in total. The van der Waals surface area contributed by atoms with Crippen molar-refractivity contribution < 1.29 is 0 Å². The molecular weight excluding hydrogens is 328 g/mol. The standard InChI is InChI=1S/C11H11BrN6S/c1-18-11-9(16-17-18)10(14-6-15-11)13-4-2-8-7(12)3-5-19-8/h3,5-6H,2,4H2,1H3,(H,13,14,15). The Morgan fingerprint density at radius 2 is 2.32 bits per heavy atom. The number of hydrogen-bond acceptors (Lipinski definition) is 6. The van der Waals surface area contributed by atoms with E-state index in [1.807, 2.05) is 7.05 Å². The molecule has 0 aliphatic rings. The van der Waals surface area contributed by atoms with Crippen LogP contribution in [0.4, 0.5) is 5.82 Å². The average Bonchev–Trinajstić information content (AvgIpc) is 2.98. The minimum atomic E-state index is 0.704. The third-order valence-corrected chi connectivity index (χ3v) is 4.71. The summed E-state index contributed by atoms with van der Waals surface area (Å²) in [5, 5.41) is 13.4. The van der Waals surface area contributed by atoms with Crippen molar-refractivity contribution in [3.8, 4) is 0 Å². The number of thiophene rings is 1. The SMILES string of the molecule is Cn1nnc2c(NCCc3sccc3Br)ncnc21. The number of hydrogen-bond donors (Lipinski definition) is 1. The number of aromatic nitrogens is 5. The summed E-state index contributed by atoms with van der Waals surface area (Å²) in [7, 11) is 1.81. The first kappa shape index (κ1) is 12.5. The van der Waals surface area contributed by atoms with Gasteiger partial charge in [-0.3, -0.25) is 0 Å². The number of fused-ring (bicyclic) bond motifs is 1. The Kier molecular flexibility index (Phi) is 3.43. The van der Waals surface area contributed by atoms with Crippen LogP contribution >= 0.6 is 27.3 Å². The fourth-order valence-electron chi connectivity index (χ4n) is 1.78. The zero-order valence-electron chi connectivity index (χ0n) is 10.2. The van der Waals surface area contributed by atoms with E-state index in [0.29, 0.717) is 5.52 Å². The number of nitrogens with zero attached hydrogens (tertiary/aromatic N) is 5. The van der Waals surface area contributed by atoms with Crippen molar-refractivity contribution in [2.75, 3.05) is 11.9 Å². The smallest absolute Gasteiger partial charge is 0.183 e. The third kappa shape index (κ3) is 2.45. The van der Waals surface area contributed by atoms with Crippen molar-refractivity contribution >= 4 is 44.2 Å². The molecule has 0 amide bonds. The molecule has 3 heterocycles. The molecule has 3 aromatic rings. The fourth-order valence-corrected chi connectivity index (χ4v) is 3.33. The second kappa shape index (κ2) is 5.22. The van der Waals surface area contributed by atoms with Crippen molar-refractivity contribution in [3.63, 3.8) is 0 Å². The number of halogens is 1. The topological polar surface area (TPSA) is 68.5 Å². The average molecular weight is 339 g/mol. The first-order valence-electron chi connectivity index (χ1n) is 5.72. The van der Waals surface area contributed by atoms with E-state index in [9.17, 15) is 0 Å². The molecule has 0 aromatic carbocycles. The largest absolute Gasteiger partial charge is 0.368 e. The van der Waals surface area contributed by atoms with Gasteiger partial charge < -0.3 is 5.32 Å². The zero-order valence-corrected chi connectivity index (χ0v) is 12.6. The van der Waals surface area contributed by atoms with Gasteiger partial charge in [0.2, 0.25) is 0 Å². The number of anilines is 1. The normalized spacial score (nSPS) is 11.1. The first-order valence-corrected chi connectivity index (χ1v) is 7.39. The van der Waals surface area contributed by atoms with Crippen molar-refractivity contribution in [1.29, 1.82) is 0 Å². The highest BCUT2D eigenvalue weighted by atomic mass is 79.9. The van der Waals surface area contributed by atoms with Crippen LogP contribution in [-0.2, 0) is 13.5 Å². The molecule has 19 heavy (non-hydrogen) atoms. The molecule has 0 aliphatic heterocycles. The molecule has 3 rings (SSSR count). The summed E-state index contributed by atoms with van der Waals surface area (Å²) >= 11 is 5.27. The maximum absolute atomic E-state index is 4.22. The maximum Gasteiger partial charge on any atom is 0.183 e. The summed E-state index contributed by atoms with van der Waals surface area (Å²) in [5.74, 6) is 0.728. The maximum atomic E-state index is 4.22. The van der Waals surface area contributed by atoms with Crippen LogP contribution < -0.4 is 5.32 Å². The highest BCUT2D eigenvalue weighted by Crippen LogP contribution is 2.23. The van der Waals surface area contributed by atoms with Crippen molar-refractivity contribution in [1.82, 2.24) is 25.0 Å². The van der Waals surface area contributed by atoms with Crippen LogP contribution in [0.2, 0.25) is 0 Å². The van der Waals surface area contributed by atoms with Gasteiger partial charge in [0, 0.05) is 29.4 Å². The molecule has 3 aromatic heterocycles. The summed E-state index contributed by atoms with van der Waals surface area (Å²) in [6, 6.07) is 2.06. The minimum absolute atomic E-state index is 0.704. The van der Waals surface area contributed by atoms with E-state index in [-0.39, 0.29) is 0 Å². The van der Waals surface area contributed by atoms with Crippen LogP contribution in [-0.4, -0.2) is 31.5 Å². The molecule has 98 valence electrons. The predicted octanol–water partition coefficient (Wildman–Crippen LogP) is 2.24. The third-order valence-electron chi connectivity index (χ3n) is 2.72. The van der Waals surface area contributed by atoms with Crippen LogP contribution in [0.15, 0.2) is 22.2 Å². The van der Waals surface area contributed by atoms with E-state index in [1.165, 1.54) is 11.2 Å². The molecule has 0 saturated heterocycles. The van der Waals surface area contributed by atoms with Crippen LogP contribution in [0.5, 0.6) is 0 Å². The highest BCUT2D eigenvalue weighted by Gasteiger charge is 2.09. The first-order chi connectivity index (χ1) is 9.25.